The second-order valence-electron chi connectivity index (χ2n) is 4.54. The van der Waals surface area contributed by atoms with Crippen LogP contribution in [-0.2, 0) is 17.5 Å². The van der Waals surface area contributed by atoms with Crippen molar-refractivity contribution in [3.8, 4) is 0 Å². The minimum absolute atomic E-state index is 0.139. The third kappa shape index (κ3) is 3.73. The van der Waals surface area contributed by atoms with E-state index in [9.17, 15) is 18.0 Å². The van der Waals surface area contributed by atoms with E-state index in [-0.39, 0.29) is 6.54 Å². The van der Waals surface area contributed by atoms with Gasteiger partial charge in [0.05, 0.1) is 11.1 Å². The monoisotopic (exact) mass is 260 g/mol. The number of hydrogen-bond acceptors (Lipinski definition) is 2. The number of nitrogens with one attached hydrogen (secondary N) is 1. The first kappa shape index (κ1) is 14.5. The zero-order valence-electron chi connectivity index (χ0n) is 10.1. The van der Waals surface area contributed by atoms with E-state index in [0.29, 0.717) is 5.56 Å². The molecule has 3 nitrogen and oxygen atoms in total. The maximum absolute atomic E-state index is 12.5. The third-order valence-corrected chi connectivity index (χ3v) is 2.60. The van der Waals surface area contributed by atoms with E-state index < -0.39 is 23.2 Å². The van der Waals surface area contributed by atoms with Crippen molar-refractivity contribution in [2.45, 2.75) is 32.1 Å². The van der Waals surface area contributed by atoms with E-state index in [0.717, 1.165) is 12.1 Å². The van der Waals surface area contributed by atoms with Gasteiger partial charge in [0.25, 0.3) is 0 Å². The van der Waals surface area contributed by atoms with E-state index in [1.807, 2.05) is 0 Å². The molecule has 1 amide bonds. The lowest BCUT2D eigenvalue weighted by Crippen LogP contribution is -2.50. The molecule has 0 aliphatic carbocycles. The van der Waals surface area contributed by atoms with E-state index >= 15 is 0 Å². The average molecular weight is 260 g/mol. The van der Waals surface area contributed by atoms with Crippen LogP contribution >= 0.6 is 0 Å². The molecular formula is C12H15F3N2O. The Balaban J connectivity index is 2.78. The van der Waals surface area contributed by atoms with Crippen molar-refractivity contribution in [1.82, 2.24) is 5.32 Å². The van der Waals surface area contributed by atoms with E-state index in [1.54, 1.807) is 19.9 Å². The Labute approximate surface area is 103 Å². The lowest BCUT2D eigenvalue weighted by Gasteiger charge is -2.22. The molecule has 0 bridgehead atoms. The van der Waals surface area contributed by atoms with Gasteiger partial charge in [-0.25, -0.2) is 0 Å². The van der Waals surface area contributed by atoms with E-state index in [2.05, 4.69) is 5.32 Å². The Bertz CT molecular complexity index is 441. The van der Waals surface area contributed by atoms with Crippen molar-refractivity contribution >= 4 is 5.91 Å². The maximum Gasteiger partial charge on any atom is 0.416 e. The minimum Gasteiger partial charge on any atom is -0.368 e. The molecule has 0 heterocycles. The number of halogens is 3. The Morgan fingerprint density at radius 2 is 1.94 bits per heavy atom. The lowest BCUT2D eigenvalue weighted by molar-refractivity contribution is -0.137. The highest BCUT2D eigenvalue weighted by atomic mass is 19.4. The molecule has 100 valence electrons. The molecule has 0 spiro atoms. The van der Waals surface area contributed by atoms with Gasteiger partial charge < -0.3 is 5.73 Å². The van der Waals surface area contributed by atoms with Crippen molar-refractivity contribution in [3.63, 3.8) is 0 Å². The normalized spacial score (nSPS) is 12.5. The molecule has 0 fully saturated rings. The summed E-state index contributed by atoms with van der Waals surface area (Å²) in [6.45, 7) is 3.28. The summed E-state index contributed by atoms with van der Waals surface area (Å²) in [6, 6.07) is 4.93. The summed E-state index contributed by atoms with van der Waals surface area (Å²) in [5, 5.41) is 2.81. The van der Waals surface area contributed by atoms with Crippen LogP contribution < -0.4 is 11.1 Å². The summed E-state index contributed by atoms with van der Waals surface area (Å²) in [7, 11) is 0. The fourth-order valence-electron chi connectivity index (χ4n) is 1.27. The zero-order valence-corrected chi connectivity index (χ0v) is 10.1. The summed E-state index contributed by atoms with van der Waals surface area (Å²) < 4.78 is 37.4. The number of carbonyl (C=O) groups excluding carboxylic acids is 1. The number of amides is 1. The number of nitrogens with two attached hydrogens (primary N) is 1. The topological polar surface area (TPSA) is 55.1 Å². The van der Waals surface area contributed by atoms with Gasteiger partial charge >= 0.3 is 6.18 Å². The average Bonchev–Trinajstić information content (AvgIpc) is 2.25. The van der Waals surface area contributed by atoms with Crippen LogP contribution in [-0.4, -0.2) is 11.4 Å². The second kappa shape index (κ2) is 4.97. The molecule has 1 aromatic carbocycles. The SMILES string of the molecule is CC(C)(NCc1cccc(C(F)(F)F)c1)C(N)=O. The zero-order chi connectivity index (χ0) is 14.0. The van der Waals surface area contributed by atoms with Crippen molar-refractivity contribution in [3.05, 3.63) is 35.4 Å². The van der Waals surface area contributed by atoms with Gasteiger partial charge in [-0.15, -0.1) is 0 Å². The minimum atomic E-state index is -4.37. The molecule has 0 aromatic heterocycles. The molecular weight excluding hydrogens is 245 g/mol. The molecule has 0 unspecified atom stereocenters. The van der Waals surface area contributed by atoms with Gasteiger partial charge in [-0.1, -0.05) is 18.2 Å². The summed E-state index contributed by atoms with van der Waals surface area (Å²) in [5.74, 6) is -0.561. The van der Waals surface area contributed by atoms with Crippen LogP contribution in [0.5, 0.6) is 0 Å². The molecule has 3 N–H and O–H groups in total. The molecule has 6 heteroatoms. The van der Waals surface area contributed by atoms with Gasteiger partial charge in [-0.05, 0) is 25.5 Å². The Morgan fingerprint density at radius 3 is 2.44 bits per heavy atom. The highest BCUT2D eigenvalue weighted by Gasteiger charge is 2.30. The third-order valence-electron chi connectivity index (χ3n) is 2.60. The first-order valence-corrected chi connectivity index (χ1v) is 5.34. The molecule has 0 radical (unpaired) electrons. The number of hydrogen-bond donors (Lipinski definition) is 2. The number of benzene rings is 1. The van der Waals surface area contributed by atoms with Crippen molar-refractivity contribution in [2.75, 3.05) is 0 Å². The first-order valence-electron chi connectivity index (χ1n) is 5.34. The molecule has 0 aliphatic heterocycles. The van der Waals surface area contributed by atoms with Crippen LogP contribution in [0.4, 0.5) is 13.2 Å². The van der Waals surface area contributed by atoms with Gasteiger partial charge in [0.2, 0.25) is 5.91 Å². The Morgan fingerprint density at radius 1 is 1.33 bits per heavy atom. The molecule has 1 rings (SSSR count). The highest BCUT2D eigenvalue weighted by molar-refractivity contribution is 5.83. The molecule has 0 saturated carbocycles. The number of rotatable bonds is 4. The molecule has 0 saturated heterocycles. The Hall–Kier alpha value is -1.56. The highest BCUT2D eigenvalue weighted by Crippen LogP contribution is 2.29. The number of alkyl halides is 3. The summed E-state index contributed by atoms with van der Waals surface area (Å²) in [6.07, 6.45) is -4.37. The smallest absolute Gasteiger partial charge is 0.368 e. The predicted octanol–water partition coefficient (Wildman–Crippen LogP) is 2.06. The first-order chi connectivity index (χ1) is 8.13. The molecule has 1 aromatic rings. The van der Waals surface area contributed by atoms with Gasteiger partial charge in [0.15, 0.2) is 0 Å². The summed E-state index contributed by atoms with van der Waals surface area (Å²) in [5.41, 5.74) is 3.92. The van der Waals surface area contributed by atoms with Crippen LogP contribution in [0, 0.1) is 0 Å². The quantitative estimate of drug-likeness (QED) is 0.870. The standard InChI is InChI=1S/C12H15F3N2O/c1-11(2,10(16)18)17-7-8-4-3-5-9(6-8)12(13,14)15/h3-6,17H,7H2,1-2H3,(H2,16,18). The maximum atomic E-state index is 12.5. The van der Waals surface area contributed by atoms with Gasteiger partial charge in [-0.2, -0.15) is 13.2 Å². The van der Waals surface area contributed by atoms with Crippen molar-refractivity contribution in [1.29, 1.82) is 0 Å². The lowest BCUT2D eigenvalue weighted by atomic mass is 10.0. The fourth-order valence-corrected chi connectivity index (χ4v) is 1.27. The van der Waals surface area contributed by atoms with Crippen molar-refractivity contribution < 1.29 is 18.0 Å². The van der Waals surface area contributed by atoms with Gasteiger partial charge in [0.1, 0.15) is 0 Å². The van der Waals surface area contributed by atoms with Crippen LogP contribution in [0.25, 0.3) is 0 Å². The molecule has 0 aliphatic rings. The predicted molar refractivity (Wildman–Crippen MR) is 61.6 cm³/mol. The van der Waals surface area contributed by atoms with E-state index in [4.69, 9.17) is 5.73 Å². The van der Waals surface area contributed by atoms with Gasteiger partial charge in [-0.3, -0.25) is 10.1 Å². The van der Waals surface area contributed by atoms with Crippen LogP contribution in [0.2, 0.25) is 0 Å². The van der Waals surface area contributed by atoms with Crippen LogP contribution in [0.1, 0.15) is 25.0 Å². The summed E-state index contributed by atoms with van der Waals surface area (Å²) in [4.78, 5) is 11.0. The number of primary amides is 1. The fraction of sp³-hybridized carbons (Fsp3) is 0.417. The second-order valence-corrected chi connectivity index (χ2v) is 4.54. The molecule has 0 atom stereocenters. The van der Waals surface area contributed by atoms with Crippen molar-refractivity contribution in [2.24, 2.45) is 5.73 Å². The van der Waals surface area contributed by atoms with Gasteiger partial charge in [0, 0.05) is 6.54 Å². The van der Waals surface area contributed by atoms with Crippen LogP contribution in [0.3, 0.4) is 0 Å². The summed E-state index contributed by atoms with van der Waals surface area (Å²) >= 11 is 0. The van der Waals surface area contributed by atoms with Crippen LogP contribution in [0.15, 0.2) is 24.3 Å². The number of carbonyl (C=O) groups is 1. The largest absolute Gasteiger partial charge is 0.416 e. The van der Waals surface area contributed by atoms with E-state index in [1.165, 1.54) is 6.07 Å². The Kier molecular flexibility index (Phi) is 4.01. The molecule has 18 heavy (non-hydrogen) atoms.